The van der Waals surface area contributed by atoms with Gasteiger partial charge in [0.15, 0.2) is 11.5 Å². The molecule has 0 saturated heterocycles. The van der Waals surface area contributed by atoms with Gasteiger partial charge in [0.1, 0.15) is 0 Å². The molecule has 0 atom stereocenters. The highest BCUT2D eigenvalue weighted by molar-refractivity contribution is 7.98. The molecule has 0 spiro atoms. The number of nitrogen functional groups attached to an aromatic ring is 1. The highest BCUT2D eigenvalue weighted by Crippen LogP contribution is 2.34. The van der Waals surface area contributed by atoms with E-state index in [0.29, 0.717) is 17.3 Å². The first-order valence-electron chi connectivity index (χ1n) is 6.20. The van der Waals surface area contributed by atoms with Gasteiger partial charge in [-0.15, -0.1) is 11.8 Å². The smallest absolute Gasteiger partial charge is 0.183 e. The Morgan fingerprint density at radius 3 is 2.65 bits per heavy atom. The van der Waals surface area contributed by atoms with Crippen molar-refractivity contribution in [1.82, 2.24) is 4.98 Å². The number of rotatable bonds is 5. The second kappa shape index (κ2) is 6.52. The standard InChI is InChI=1S/C15H18N2O2S/c1-10-8-11(16)4-5-14(10)20-9-12-15(19-3)13(18-2)6-7-17-12/h4-8H,9,16H2,1-3H3. The van der Waals surface area contributed by atoms with Gasteiger partial charge in [-0.2, -0.15) is 0 Å². The van der Waals surface area contributed by atoms with Crippen molar-refractivity contribution in [2.75, 3.05) is 20.0 Å². The van der Waals surface area contributed by atoms with Gasteiger partial charge < -0.3 is 15.2 Å². The summed E-state index contributed by atoms with van der Waals surface area (Å²) < 4.78 is 10.7. The van der Waals surface area contributed by atoms with Crippen LogP contribution in [0.3, 0.4) is 0 Å². The van der Waals surface area contributed by atoms with E-state index in [0.717, 1.165) is 16.9 Å². The van der Waals surface area contributed by atoms with E-state index in [1.165, 1.54) is 4.90 Å². The third-order valence-corrected chi connectivity index (χ3v) is 4.12. The van der Waals surface area contributed by atoms with Crippen molar-refractivity contribution in [3.63, 3.8) is 0 Å². The van der Waals surface area contributed by atoms with Gasteiger partial charge in [-0.3, -0.25) is 4.98 Å². The highest BCUT2D eigenvalue weighted by atomic mass is 32.2. The SMILES string of the molecule is COc1ccnc(CSc2ccc(N)cc2C)c1OC. The summed E-state index contributed by atoms with van der Waals surface area (Å²) in [5.74, 6) is 2.10. The van der Waals surface area contributed by atoms with Crippen LogP contribution in [0.5, 0.6) is 11.5 Å². The number of pyridine rings is 1. The summed E-state index contributed by atoms with van der Waals surface area (Å²) in [5.41, 5.74) is 8.57. The van der Waals surface area contributed by atoms with Crippen LogP contribution in [0.15, 0.2) is 35.4 Å². The molecule has 1 aromatic carbocycles. The maximum atomic E-state index is 5.76. The van der Waals surface area contributed by atoms with Crippen LogP contribution in [-0.4, -0.2) is 19.2 Å². The monoisotopic (exact) mass is 290 g/mol. The van der Waals surface area contributed by atoms with Gasteiger partial charge in [0.2, 0.25) is 0 Å². The number of hydrogen-bond acceptors (Lipinski definition) is 5. The van der Waals surface area contributed by atoms with Gasteiger partial charge in [0.05, 0.1) is 19.9 Å². The van der Waals surface area contributed by atoms with E-state index < -0.39 is 0 Å². The fourth-order valence-electron chi connectivity index (χ4n) is 1.93. The highest BCUT2D eigenvalue weighted by Gasteiger charge is 2.11. The summed E-state index contributed by atoms with van der Waals surface area (Å²) in [6.45, 7) is 2.05. The van der Waals surface area contributed by atoms with Crippen molar-refractivity contribution >= 4 is 17.4 Å². The number of benzene rings is 1. The molecule has 0 bridgehead atoms. The first-order chi connectivity index (χ1) is 9.65. The lowest BCUT2D eigenvalue weighted by atomic mass is 10.2. The average molecular weight is 290 g/mol. The van der Waals surface area contributed by atoms with Crippen LogP contribution in [0.1, 0.15) is 11.3 Å². The minimum atomic E-state index is 0.690. The molecule has 0 aliphatic heterocycles. The normalized spacial score (nSPS) is 10.3. The molecule has 20 heavy (non-hydrogen) atoms. The summed E-state index contributed by atoms with van der Waals surface area (Å²) in [7, 11) is 3.25. The number of nitrogens with zero attached hydrogens (tertiary/aromatic N) is 1. The molecule has 0 amide bonds. The zero-order chi connectivity index (χ0) is 14.5. The van der Waals surface area contributed by atoms with E-state index in [9.17, 15) is 0 Å². The van der Waals surface area contributed by atoms with E-state index in [-0.39, 0.29) is 0 Å². The summed E-state index contributed by atoms with van der Waals surface area (Å²) in [4.78, 5) is 5.56. The fourth-order valence-corrected chi connectivity index (χ4v) is 2.88. The molecular weight excluding hydrogens is 272 g/mol. The molecule has 2 N–H and O–H groups in total. The maximum absolute atomic E-state index is 5.76. The van der Waals surface area contributed by atoms with Crippen molar-refractivity contribution in [3.05, 3.63) is 41.7 Å². The number of thioether (sulfide) groups is 1. The lowest BCUT2D eigenvalue weighted by Gasteiger charge is -2.12. The number of nitrogens with two attached hydrogens (primary N) is 1. The first kappa shape index (κ1) is 14.5. The zero-order valence-electron chi connectivity index (χ0n) is 11.8. The van der Waals surface area contributed by atoms with Crippen LogP contribution >= 0.6 is 11.8 Å². The Morgan fingerprint density at radius 1 is 1.20 bits per heavy atom. The molecule has 0 aliphatic rings. The summed E-state index contributed by atoms with van der Waals surface area (Å²) in [6.07, 6.45) is 1.73. The molecule has 5 heteroatoms. The first-order valence-corrected chi connectivity index (χ1v) is 7.19. The zero-order valence-corrected chi connectivity index (χ0v) is 12.7. The van der Waals surface area contributed by atoms with Crippen LogP contribution in [0, 0.1) is 6.92 Å². The largest absolute Gasteiger partial charge is 0.493 e. The summed E-state index contributed by atoms with van der Waals surface area (Å²) in [6, 6.07) is 7.70. The second-order valence-electron chi connectivity index (χ2n) is 4.31. The number of aromatic nitrogens is 1. The van der Waals surface area contributed by atoms with Gasteiger partial charge in [-0.1, -0.05) is 0 Å². The van der Waals surface area contributed by atoms with Gasteiger partial charge in [0.25, 0.3) is 0 Å². The quantitative estimate of drug-likeness (QED) is 0.676. The van der Waals surface area contributed by atoms with Crippen LogP contribution in [0.25, 0.3) is 0 Å². The lowest BCUT2D eigenvalue weighted by Crippen LogP contribution is -1.97. The molecule has 0 saturated carbocycles. The van der Waals surface area contributed by atoms with Crippen LogP contribution < -0.4 is 15.2 Å². The fraction of sp³-hybridized carbons (Fsp3) is 0.267. The minimum absolute atomic E-state index is 0.690. The Hall–Kier alpha value is -1.88. The Bertz CT molecular complexity index is 602. The van der Waals surface area contributed by atoms with Gasteiger partial charge >= 0.3 is 0 Å². The van der Waals surface area contributed by atoms with Crippen molar-refractivity contribution in [1.29, 1.82) is 0 Å². The van der Waals surface area contributed by atoms with Crippen molar-refractivity contribution < 1.29 is 9.47 Å². The predicted octanol–water partition coefficient (Wildman–Crippen LogP) is 3.28. The van der Waals surface area contributed by atoms with E-state index in [4.69, 9.17) is 15.2 Å². The second-order valence-corrected chi connectivity index (χ2v) is 5.32. The van der Waals surface area contributed by atoms with Crippen LogP contribution in [-0.2, 0) is 5.75 Å². The lowest BCUT2D eigenvalue weighted by molar-refractivity contribution is 0.350. The van der Waals surface area contributed by atoms with Crippen molar-refractivity contribution in [2.45, 2.75) is 17.6 Å². The van der Waals surface area contributed by atoms with E-state index in [1.807, 2.05) is 18.2 Å². The van der Waals surface area contributed by atoms with Crippen molar-refractivity contribution in [2.24, 2.45) is 0 Å². The number of ether oxygens (including phenoxy) is 2. The molecule has 106 valence electrons. The third kappa shape index (κ3) is 3.17. The Balaban J connectivity index is 2.18. The molecule has 0 unspecified atom stereocenters. The topological polar surface area (TPSA) is 57.4 Å². The predicted molar refractivity (Wildman–Crippen MR) is 82.5 cm³/mol. The number of hydrogen-bond donors (Lipinski definition) is 1. The summed E-state index contributed by atoms with van der Waals surface area (Å²) in [5, 5.41) is 0. The van der Waals surface area contributed by atoms with E-state index >= 15 is 0 Å². The third-order valence-electron chi connectivity index (χ3n) is 2.93. The molecule has 0 fully saturated rings. The molecule has 2 aromatic rings. The number of aryl methyl sites for hydroxylation is 1. The Kier molecular flexibility index (Phi) is 4.74. The maximum Gasteiger partial charge on any atom is 0.183 e. The van der Waals surface area contributed by atoms with Gasteiger partial charge in [-0.25, -0.2) is 0 Å². The van der Waals surface area contributed by atoms with E-state index in [1.54, 1.807) is 38.2 Å². The van der Waals surface area contributed by atoms with Crippen LogP contribution in [0.4, 0.5) is 5.69 Å². The molecule has 1 aromatic heterocycles. The minimum Gasteiger partial charge on any atom is -0.493 e. The molecule has 0 radical (unpaired) electrons. The van der Waals surface area contributed by atoms with Crippen molar-refractivity contribution in [3.8, 4) is 11.5 Å². The Morgan fingerprint density at radius 2 is 2.00 bits per heavy atom. The van der Waals surface area contributed by atoms with Gasteiger partial charge in [0, 0.05) is 28.6 Å². The Labute approximate surface area is 123 Å². The number of methoxy groups -OCH3 is 2. The van der Waals surface area contributed by atoms with Crippen LogP contribution in [0.2, 0.25) is 0 Å². The summed E-state index contributed by atoms with van der Waals surface area (Å²) >= 11 is 1.70. The van der Waals surface area contributed by atoms with Gasteiger partial charge in [-0.05, 0) is 30.7 Å². The molecule has 2 rings (SSSR count). The average Bonchev–Trinajstić information content (AvgIpc) is 2.45. The number of anilines is 1. The molecular formula is C15H18N2O2S. The molecule has 0 aliphatic carbocycles. The molecule has 4 nitrogen and oxygen atoms in total. The van der Waals surface area contributed by atoms with E-state index in [2.05, 4.69) is 11.9 Å². The molecule has 1 heterocycles.